The lowest BCUT2D eigenvalue weighted by Gasteiger charge is -2.20. The number of nitriles is 1. The van der Waals surface area contributed by atoms with Crippen LogP contribution in [0.25, 0.3) is 0 Å². The zero-order chi connectivity index (χ0) is 21.7. The highest BCUT2D eigenvalue weighted by molar-refractivity contribution is 6.06. The smallest absolute Gasteiger partial charge is 0.261 e. The highest BCUT2D eigenvalue weighted by Gasteiger charge is 2.23. The maximum Gasteiger partial charge on any atom is 0.261 e. The summed E-state index contributed by atoms with van der Waals surface area (Å²) < 4.78 is 1.97. The molecule has 0 aliphatic rings. The van der Waals surface area contributed by atoms with Crippen molar-refractivity contribution in [2.75, 3.05) is 5.32 Å². The van der Waals surface area contributed by atoms with E-state index in [4.69, 9.17) is 0 Å². The fourth-order valence-corrected chi connectivity index (χ4v) is 3.70. The average Bonchev–Trinajstić information content (AvgIpc) is 2.73. The van der Waals surface area contributed by atoms with E-state index in [0.717, 1.165) is 41.0 Å². The molecule has 0 aliphatic heterocycles. The molecule has 0 atom stereocenters. The summed E-state index contributed by atoms with van der Waals surface area (Å²) in [5, 5.41) is 12.3. The molecule has 29 heavy (non-hydrogen) atoms. The van der Waals surface area contributed by atoms with Gasteiger partial charge in [-0.2, -0.15) is 5.26 Å². The quantitative estimate of drug-likeness (QED) is 0.747. The van der Waals surface area contributed by atoms with Crippen LogP contribution in [0.4, 0.5) is 5.69 Å². The van der Waals surface area contributed by atoms with Gasteiger partial charge in [0.05, 0.1) is 11.6 Å². The molecule has 1 N–H and O–H groups in total. The number of hydrogen-bond donors (Lipinski definition) is 1. The van der Waals surface area contributed by atoms with Crippen LogP contribution in [0.3, 0.4) is 0 Å². The highest BCUT2D eigenvalue weighted by atomic mass is 16.2. The molecular formula is C24H31N3O2. The number of carbonyl (C=O) groups excluding carboxylic acids is 1. The third kappa shape index (κ3) is 4.42. The average molecular weight is 394 g/mol. The molecule has 1 heterocycles. The lowest BCUT2D eigenvalue weighted by Crippen LogP contribution is -2.30. The predicted octanol–water partition coefficient (Wildman–Crippen LogP) is 4.59. The van der Waals surface area contributed by atoms with E-state index in [0.29, 0.717) is 30.4 Å². The van der Waals surface area contributed by atoms with Gasteiger partial charge in [0.25, 0.3) is 5.91 Å². The Kier molecular flexibility index (Phi) is 7.39. The van der Waals surface area contributed by atoms with Crippen LogP contribution in [-0.2, 0) is 26.3 Å². The van der Waals surface area contributed by atoms with E-state index in [1.807, 2.05) is 44.5 Å². The van der Waals surface area contributed by atoms with Crippen molar-refractivity contribution in [2.24, 2.45) is 7.05 Å². The Morgan fingerprint density at radius 3 is 2.21 bits per heavy atom. The zero-order valence-corrected chi connectivity index (χ0v) is 18.4. The molecule has 0 fully saturated rings. The number of carbonyl (C=O) groups is 1. The molecule has 0 spiro atoms. The molecule has 1 aromatic heterocycles. The summed E-state index contributed by atoms with van der Waals surface area (Å²) in [4.78, 5) is 26.4. The van der Waals surface area contributed by atoms with Gasteiger partial charge in [0.2, 0.25) is 0 Å². The largest absolute Gasteiger partial charge is 0.351 e. The van der Waals surface area contributed by atoms with Crippen LogP contribution in [0.2, 0.25) is 0 Å². The van der Waals surface area contributed by atoms with Crippen LogP contribution in [0.15, 0.2) is 16.9 Å². The number of aryl methyl sites for hydroxylation is 2. The first-order valence-electron chi connectivity index (χ1n) is 10.4. The summed E-state index contributed by atoms with van der Waals surface area (Å²) in [6.07, 6.45) is 3.95. The van der Waals surface area contributed by atoms with Crippen molar-refractivity contribution < 1.29 is 4.79 Å². The first-order valence-corrected chi connectivity index (χ1v) is 10.4. The summed E-state index contributed by atoms with van der Waals surface area (Å²) in [5.74, 6) is -0.367. The summed E-state index contributed by atoms with van der Waals surface area (Å²) in [6.45, 7) is 9.77. The first-order chi connectivity index (χ1) is 13.8. The van der Waals surface area contributed by atoms with Crippen molar-refractivity contribution >= 4 is 11.6 Å². The van der Waals surface area contributed by atoms with E-state index >= 15 is 0 Å². The molecule has 0 saturated heterocycles. The Balaban J connectivity index is 2.63. The van der Waals surface area contributed by atoms with E-state index in [1.165, 1.54) is 0 Å². The van der Waals surface area contributed by atoms with Gasteiger partial charge in [0.15, 0.2) is 5.43 Å². The molecule has 1 amide bonds. The van der Waals surface area contributed by atoms with Crippen molar-refractivity contribution in [3.8, 4) is 6.07 Å². The van der Waals surface area contributed by atoms with Gasteiger partial charge in [-0.25, -0.2) is 0 Å². The second-order valence-electron chi connectivity index (χ2n) is 7.47. The van der Waals surface area contributed by atoms with Crippen LogP contribution in [0, 0.1) is 25.2 Å². The maximum atomic E-state index is 13.3. The number of nitrogens with one attached hydrogen (secondary N) is 1. The Hall–Kier alpha value is -2.87. The molecule has 154 valence electrons. The van der Waals surface area contributed by atoms with Crippen LogP contribution in [0.1, 0.15) is 77.6 Å². The number of nitrogens with zero attached hydrogens (tertiary/aromatic N) is 2. The molecule has 0 radical (unpaired) electrons. The van der Waals surface area contributed by atoms with Crippen LogP contribution >= 0.6 is 0 Å². The lowest BCUT2D eigenvalue weighted by atomic mass is 9.98. The summed E-state index contributed by atoms with van der Waals surface area (Å²) in [7, 11) is 1.92. The van der Waals surface area contributed by atoms with Gasteiger partial charge in [0, 0.05) is 29.7 Å². The van der Waals surface area contributed by atoms with Crippen LogP contribution in [0.5, 0.6) is 0 Å². The van der Waals surface area contributed by atoms with Crippen molar-refractivity contribution in [1.82, 2.24) is 4.57 Å². The third-order valence-electron chi connectivity index (χ3n) is 5.73. The van der Waals surface area contributed by atoms with Gasteiger partial charge in [-0.1, -0.05) is 27.2 Å². The molecule has 5 heteroatoms. The van der Waals surface area contributed by atoms with Crippen LogP contribution in [-0.4, -0.2) is 10.5 Å². The van der Waals surface area contributed by atoms with Gasteiger partial charge < -0.3 is 9.88 Å². The number of anilines is 1. The summed E-state index contributed by atoms with van der Waals surface area (Å²) >= 11 is 0. The van der Waals surface area contributed by atoms with Crippen molar-refractivity contribution in [1.29, 1.82) is 5.26 Å². The number of benzene rings is 1. The van der Waals surface area contributed by atoms with Gasteiger partial charge >= 0.3 is 0 Å². The second-order valence-corrected chi connectivity index (χ2v) is 7.47. The normalized spacial score (nSPS) is 10.7. The molecule has 0 aliphatic carbocycles. The lowest BCUT2D eigenvalue weighted by molar-refractivity contribution is 0.102. The summed E-state index contributed by atoms with van der Waals surface area (Å²) in [5.41, 5.74) is 5.43. The predicted molar refractivity (Wildman–Crippen MR) is 118 cm³/mol. The van der Waals surface area contributed by atoms with Gasteiger partial charge in [0.1, 0.15) is 5.56 Å². The third-order valence-corrected chi connectivity index (χ3v) is 5.73. The van der Waals surface area contributed by atoms with Gasteiger partial charge in [-0.05, 0) is 62.8 Å². The summed E-state index contributed by atoms with van der Waals surface area (Å²) in [6, 6.07) is 5.81. The van der Waals surface area contributed by atoms with E-state index in [-0.39, 0.29) is 16.9 Å². The van der Waals surface area contributed by atoms with Crippen molar-refractivity contribution in [3.63, 3.8) is 0 Å². The number of unbranched alkanes of at least 4 members (excludes halogenated alkanes) is 1. The Morgan fingerprint density at radius 2 is 1.72 bits per heavy atom. The zero-order valence-electron chi connectivity index (χ0n) is 18.4. The number of amides is 1. The minimum atomic E-state index is -0.367. The van der Waals surface area contributed by atoms with Gasteiger partial charge in [-0.15, -0.1) is 0 Å². The molecule has 0 saturated carbocycles. The molecule has 0 unspecified atom stereocenters. The number of pyridine rings is 1. The van der Waals surface area contributed by atoms with Gasteiger partial charge in [-0.3, -0.25) is 9.59 Å². The van der Waals surface area contributed by atoms with E-state index in [9.17, 15) is 14.9 Å². The van der Waals surface area contributed by atoms with Crippen LogP contribution < -0.4 is 10.7 Å². The van der Waals surface area contributed by atoms with E-state index < -0.39 is 0 Å². The molecule has 0 bridgehead atoms. The van der Waals surface area contributed by atoms with E-state index in [1.54, 1.807) is 6.92 Å². The molecule has 2 aromatic rings. The SMILES string of the molecule is CCCCc1c(C(=O)Nc2c(CC)cc(C#N)cc2CC)c(=O)c(C)c(C)n1C. The highest BCUT2D eigenvalue weighted by Crippen LogP contribution is 2.26. The standard InChI is InChI=1S/C24H31N3O2/c1-7-10-11-20-21(23(28)15(4)16(5)27(20)6)24(29)26-22-18(8-2)12-17(14-25)13-19(22)9-3/h12-13H,7-11H2,1-6H3,(H,26,29). The molecule has 5 nitrogen and oxygen atoms in total. The number of hydrogen-bond acceptors (Lipinski definition) is 3. The Bertz CT molecular complexity index is 1000. The van der Waals surface area contributed by atoms with Crippen molar-refractivity contribution in [3.05, 3.63) is 61.6 Å². The minimum Gasteiger partial charge on any atom is -0.351 e. The minimum absolute atomic E-state index is 0.200. The Morgan fingerprint density at radius 1 is 1.14 bits per heavy atom. The number of aromatic nitrogens is 1. The maximum absolute atomic E-state index is 13.3. The molecule has 1 aromatic carbocycles. The molecule has 2 rings (SSSR count). The van der Waals surface area contributed by atoms with E-state index in [2.05, 4.69) is 18.3 Å². The number of rotatable bonds is 7. The molecular weight excluding hydrogens is 362 g/mol. The Labute approximate surface area is 173 Å². The fraction of sp³-hybridized carbons (Fsp3) is 0.458. The van der Waals surface area contributed by atoms with Crippen molar-refractivity contribution in [2.45, 2.75) is 66.7 Å². The second kappa shape index (κ2) is 9.56. The topological polar surface area (TPSA) is 74.9 Å². The monoisotopic (exact) mass is 393 g/mol. The first kappa shape index (κ1) is 22.4. The fourth-order valence-electron chi connectivity index (χ4n) is 3.70.